The number of ether oxygens (including phenoxy) is 1. The quantitative estimate of drug-likeness (QED) is 0.716. The Morgan fingerprint density at radius 3 is 2.50 bits per heavy atom. The molecular formula is C10H17NO3. The second-order valence-corrected chi connectivity index (χ2v) is 4.27. The molecule has 2 heterocycles. The standard InChI is InChI=1S/C10H17NO3/c1-2-9(10(12)13)11-3-7-5-14-6-8(7)4-11/h7-9H,2-6H2,1H3,(H,12,13)/t7-,8+,9-/m0/s1. The molecule has 2 fully saturated rings. The highest BCUT2D eigenvalue weighted by Gasteiger charge is 2.40. The van der Waals surface area contributed by atoms with Crippen LogP contribution in [0.2, 0.25) is 0 Å². The van der Waals surface area contributed by atoms with Crippen LogP contribution in [0.5, 0.6) is 0 Å². The van der Waals surface area contributed by atoms with Crippen LogP contribution in [0.15, 0.2) is 0 Å². The van der Waals surface area contributed by atoms with Gasteiger partial charge in [0.2, 0.25) is 0 Å². The minimum absolute atomic E-state index is 0.291. The zero-order valence-electron chi connectivity index (χ0n) is 8.48. The number of carboxylic acid groups (broad SMARTS) is 1. The fourth-order valence-electron chi connectivity index (χ4n) is 2.57. The molecule has 0 bridgehead atoms. The van der Waals surface area contributed by atoms with Crippen LogP contribution in [0.4, 0.5) is 0 Å². The molecule has 0 aromatic rings. The van der Waals surface area contributed by atoms with Crippen LogP contribution in [0.25, 0.3) is 0 Å². The molecule has 4 nitrogen and oxygen atoms in total. The topological polar surface area (TPSA) is 49.8 Å². The van der Waals surface area contributed by atoms with Gasteiger partial charge in [-0.15, -0.1) is 0 Å². The molecule has 0 radical (unpaired) electrons. The van der Waals surface area contributed by atoms with Crippen LogP contribution in [-0.4, -0.2) is 48.3 Å². The highest BCUT2D eigenvalue weighted by atomic mass is 16.5. The number of aliphatic carboxylic acids is 1. The molecule has 80 valence electrons. The third kappa shape index (κ3) is 1.64. The van der Waals surface area contributed by atoms with Crippen molar-refractivity contribution in [3.05, 3.63) is 0 Å². The Bertz CT molecular complexity index is 219. The van der Waals surface area contributed by atoms with Crippen LogP contribution in [0.1, 0.15) is 13.3 Å². The number of carboxylic acids is 1. The summed E-state index contributed by atoms with van der Waals surface area (Å²) in [5.41, 5.74) is 0. The van der Waals surface area contributed by atoms with Gasteiger partial charge in [0, 0.05) is 24.9 Å². The first-order chi connectivity index (χ1) is 6.72. The first-order valence-corrected chi connectivity index (χ1v) is 5.27. The molecule has 0 spiro atoms. The van der Waals surface area contributed by atoms with Crippen molar-refractivity contribution < 1.29 is 14.6 Å². The van der Waals surface area contributed by atoms with Crippen molar-refractivity contribution in [2.45, 2.75) is 19.4 Å². The average Bonchev–Trinajstić information content (AvgIpc) is 2.63. The van der Waals surface area contributed by atoms with E-state index in [2.05, 4.69) is 4.90 Å². The summed E-state index contributed by atoms with van der Waals surface area (Å²) in [4.78, 5) is 13.1. The number of hydrogen-bond donors (Lipinski definition) is 1. The number of likely N-dealkylation sites (tertiary alicyclic amines) is 1. The van der Waals surface area contributed by atoms with E-state index in [1.54, 1.807) is 0 Å². The maximum atomic E-state index is 11.0. The highest BCUT2D eigenvalue weighted by Crippen LogP contribution is 2.30. The van der Waals surface area contributed by atoms with Gasteiger partial charge in [-0.1, -0.05) is 6.92 Å². The first-order valence-electron chi connectivity index (χ1n) is 5.27. The second-order valence-electron chi connectivity index (χ2n) is 4.27. The second kappa shape index (κ2) is 3.87. The molecule has 2 saturated heterocycles. The fraction of sp³-hybridized carbons (Fsp3) is 0.900. The Labute approximate surface area is 83.8 Å². The van der Waals surface area contributed by atoms with Crippen LogP contribution in [-0.2, 0) is 9.53 Å². The van der Waals surface area contributed by atoms with Gasteiger partial charge in [-0.3, -0.25) is 9.69 Å². The molecule has 2 aliphatic rings. The smallest absolute Gasteiger partial charge is 0.320 e. The van der Waals surface area contributed by atoms with Gasteiger partial charge in [0.15, 0.2) is 0 Å². The van der Waals surface area contributed by atoms with Crippen LogP contribution in [0, 0.1) is 11.8 Å². The van der Waals surface area contributed by atoms with Gasteiger partial charge < -0.3 is 9.84 Å². The number of rotatable bonds is 3. The fourth-order valence-corrected chi connectivity index (χ4v) is 2.57. The minimum atomic E-state index is -0.687. The molecule has 0 aromatic heterocycles. The Balaban J connectivity index is 1.97. The van der Waals surface area contributed by atoms with Gasteiger partial charge in [0.25, 0.3) is 0 Å². The molecule has 2 rings (SSSR count). The Hall–Kier alpha value is -0.610. The highest BCUT2D eigenvalue weighted by molar-refractivity contribution is 5.73. The van der Waals surface area contributed by atoms with E-state index < -0.39 is 5.97 Å². The summed E-state index contributed by atoms with van der Waals surface area (Å²) in [5.74, 6) is 0.459. The first kappa shape index (κ1) is 9.93. The predicted octanol–water partition coefficient (Wildman–Crippen LogP) is 0.428. The monoisotopic (exact) mass is 199 g/mol. The maximum absolute atomic E-state index is 11.0. The van der Waals surface area contributed by atoms with Gasteiger partial charge in [-0.05, 0) is 6.42 Å². The van der Waals surface area contributed by atoms with E-state index >= 15 is 0 Å². The summed E-state index contributed by atoms with van der Waals surface area (Å²) < 4.78 is 5.36. The Kier molecular flexibility index (Phi) is 2.74. The third-order valence-corrected chi connectivity index (χ3v) is 3.38. The van der Waals surface area contributed by atoms with Crippen LogP contribution in [0.3, 0.4) is 0 Å². The molecule has 0 aliphatic carbocycles. The maximum Gasteiger partial charge on any atom is 0.320 e. The van der Waals surface area contributed by atoms with E-state index in [1.165, 1.54) is 0 Å². The van der Waals surface area contributed by atoms with Crippen molar-refractivity contribution in [1.29, 1.82) is 0 Å². The van der Waals surface area contributed by atoms with E-state index in [4.69, 9.17) is 9.84 Å². The molecule has 0 amide bonds. The number of nitrogens with zero attached hydrogens (tertiary/aromatic N) is 1. The van der Waals surface area contributed by atoms with Gasteiger partial charge in [-0.2, -0.15) is 0 Å². The van der Waals surface area contributed by atoms with E-state index in [0.717, 1.165) is 26.3 Å². The number of fused-ring (bicyclic) bond motifs is 1. The molecule has 3 atom stereocenters. The summed E-state index contributed by atoms with van der Waals surface area (Å²) in [6.07, 6.45) is 0.690. The molecule has 2 aliphatic heterocycles. The SMILES string of the molecule is CC[C@@H](C(=O)O)N1C[C@H]2COC[C@H]2C1. The summed E-state index contributed by atoms with van der Waals surface area (Å²) >= 11 is 0. The predicted molar refractivity (Wildman–Crippen MR) is 51.1 cm³/mol. The zero-order chi connectivity index (χ0) is 10.1. The van der Waals surface area contributed by atoms with Crippen molar-refractivity contribution in [3.63, 3.8) is 0 Å². The van der Waals surface area contributed by atoms with E-state index in [9.17, 15) is 4.79 Å². The number of carbonyl (C=O) groups is 1. The lowest BCUT2D eigenvalue weighted by Gasteiger charge is -2.23. The van der Waals surface area contributed by atoms with Crippen LogP contribution < -0.4 is 0 Å². The molecule has 0 unspecified atom stereocenters. The summed E-state index contributed by atoms with van der Waals surface area (Å²) in [5, 5.41) is 9.02. The Morgan fingerprint density at radius 2 is 2.07 bits per heavy atom. The van der Waals surface area contributed by atoms with E-state index in [1.807, 2.05) is 6.92 Å². The average molecular weight is 199 g/mol. The minimum Gasteiger partial charge on any atom is -0.480 e. The van der Waals surface area contributed by atoms with Gasteiger partial charge in [-0.25, -0.2) is 0 Å². The van der Waals surface area contributed by atoms with Crippen molar-refractivity contribution in [2.24, 2.45) is 11.8 Å². The van der Waals surface area contributed by atoms with Crippen molar-refractivity contribution >= 4 is 5.97 Å². The van der Waals surface area contributed by atoms with E-state index in [-0.39, 0.29) is 6.04 Å². The van der Waals surface area contributed by atoms with Gasteiger partial charge in [0.1, 0.15) is 6.04 Å². The number of hydrogen-bond acceptors (Lipinski definition) is 3. The van der Waals surface area contributed by atoms with Crippen molar-refractivity contribution in [3.8, 4) is 0 Å². The summed E-state index contributed by atoms with van der Waals surface area (Å²) in [6.45, 7) is 5.36. The lowest BCUT2D eigenvalue weighted by Crippen LogP contribution is -2.40. The zero-order valence-corrected chi connectivity index (χ0v) is 8.48. The van der Waals surface area contributed by atoms with Crippen LogP contribution >= 0.6 is 0 Å². The largest absolute Gasteiger partial charge is 0.480 e. The lowest BCUT2D eigenvalue weighted by atomic mass is 10.0. The summed E-state index contributed by atoms with van der Waals surface area (Å²) in [7, 11) is 0. The van der Waals surface area contributed by atoms with Gasteiger partial charge >= 0.3 is 5.97 Å². The van der Waals surface area contributed by atoms with Crippen molar-refractivity contribution in [1.82, 2.24) is 4.90 Å². The summed E-state index contributed by atoms with van der Waals surface area (Å²) in [6, 6.07) is -0.291. The molecule has 0 saturated carbocycles. The van der Waals surface area contributed by atoms with E-state index in [0.29, 0.717) is 18.3 Å². The lowest BCUT2D eigenvalue weighted by molar-refractivity contribution is -0.143. The molecule has 1 N–H and O–H groups in total. The molecule has 14 heavy (non-hydrogen) atoms. The third-order valence-electron chi connectivity index (χ3n) is 3.38. The molecule has 0 aromatic carbocycles. The molecule has 4 heteroatoms. The normalized spacial score (nSPS) is 34.4. The van der Waals surface area contributed by atoms with Crippen molar-refractivity contribution in [2.75, 3.05) is 26.3 Å². The Morgan fingerprint density at radius 1 is 1.50 bits per heavy atom. The molecular weight excluding hydrogens is 182 g/mol. The van der Waals surface area contributed by atoms with Gasteiger partial charge in [0.05, 0.1) is 13.2 Å².